The Bertz CT molecular complexity index is 724. The topological polar surface area (TPSA) is 83.3 Å². The van der Waals surface area contributed by atoms with E-state index in [0.29, 0.717) is 22.8 Å². The van der Waals surface area contributed by atoms with Gasteiger partial charge >= 0.3 is 5.69 Å². The van der Waals surface area contributed by atoms with E-state index >= 15 is 0 Å². The van der Waals surface area contributed by atoms with Crippen LogP contribution in [-0.2, 0) is 11.3 Å². The van der Waals surface area contributed by atoms with Crippen molar-refractivity contribution in [2.45, 2.75) is 13.5 Å². The minimum atomic E-state index is -0.583. The largest absolute Gasteiger partial charge is 0.497 e. The van der Waals surface area contributed by atoms with Crippen LogP contribution in [-0.4, -0.2) is 34.8 Å². The Kier molecular flexibility index (Phi) is 4.32. The number of hydrogen-bond donors (Lipinski definition) is 0. The summed E-state index contributed by atoms with van der Waals surface area (Å²) >= 11 is 0. The summed E-state index contributed by atoms with van der Waals surface area (Å²) in [6.45, 7) is 1.29. The molecule has 0 radical (unpaired) electrons. The molecular weight excluding hydrogens is 274 g/mol. The number of carbonyl (C=O) groups is 1. The smallest absolute Gasteiger partial charge is 0.364 e. The van der Waals surface area contributed by atoms with Crippen molar-refractivity contribution in [3.05, 3.63) is 34.9 Å². The highest BCUT2D eigenvalue weighted by Gasteiger charge is 2.11. The van der Waals surface area contributed by atoms with Gasteiger partial charge in [0.1, 0.15) is 18.0 Å². The highest BCUT2D eigenvalue weighted by atomic mass is 16.5. The van der Waals surface area contributed by atoms with E-state index in [1.807, 2.05) is 0 Å². The number of nitrogens with zero attached hydrogens (tertiary/aromatic N) is 3. The van der Waals surface area contributed by atoms with Crippen LogP contribution in [0.5, 0.6) is 11.5 Å². The molecule has 0 saturated heterocycles. The van der Waals surface area contributed by atoms with Gasteiger partial charge in [-0.05, 0) is 19.1 Å². The van der Waals surface area contributed by atoms with Crippen LogP contribution in [0.4, 0.5) is 0 Å². The van der Waals surface area contributed by atoms with Crippen molar-refractivity contribution < 1.29 is 14.3 Å². The quantitative estimate of drug-likeness (QED) is 0.813. The van der Waals surface area contributed by atoms with Crippen molar-refractivity contribution in [1.29, 1.82) is 0 Å². The van der Waals surface area contributed by atoms with E-state index in [-0.39, 0.29) is 12.3 Å². The Balaban J connectivity index is 2.45. The summed E-state index contributed by atoms with van der Waals surface area (Å²) in [5.74, 6) is 0.988. The van der Waals surface area contributed by atoms with Crippen LogP contribution in [0, 0.1) is 0 Å². The molecule has 0 amide bonds. The Morgan fingerprint density at radius 2 is 2.05 bits per heavy atom. The lowest BCUT2D eigenvalue weighted by atomic mass is 10.1. The minimum absolute atomic E-state index is 0.0914. The number of aromatic nitrogens is 3. The van der Waals surface area contributed by atoms with Crippen molar-refractivity contribution in [1.82, 2.24) is 14.8 Å². The zero-order chi connectivity index (χ0) is 15.4. The maximum atomic E-state index is 11.8. The third-order valence-electron chi connectivity index (χ3n) is 2.81. The van der Waals surface area contributed by atoms with Crippen LogP contribution >= 0.6 is 0 Å². The maximum absolute atomic E-state index is 11.8. The van der Waals surface area contributed by atoms with Gasteiger partial charge in [-0.25, -0.2) is 9.48 Å². The number of ketones is 1. The molecule has 0 saturated carbocycles. The first-order valence-corrected chi connectivity index (χ1v) is 6.21. The summed E-state index contributed by atoms with van der Waals surface area (Å²) in [6, 6.07) is 5.16. The van der Waals surface area contributed by atoms with E-state index in [4.69, 9.17) is 9.47 Å². The lowest BCUT2D eigenvalue weighted by molar-refractivity contribution is -0.117. The van der Waals surface area contributed by atoms with Crippen molar-refractivity contribution in [2.24, 2.45) is 0 Å². The van der Waals surface area contributed by atoms with Gasteiger partial charge in [0, 0.05) is 11.6 Å². The summed E-state index contributed by atoms with van der Waals surface area (Å²) < 4.78 is 11.4. The van der Waals surface area contributed by atoms with E-state index in [1.165, 1.54) is 20.2 Å². The molecule has 1 aromatic carbocycles. The van der Waals surface area contributed by atoms with Crippen LogP contribution in [0.2, 0.25) is 0 Å². The minimum Gasteiger partial charge on any atom is -0.497 e. The van der Waals surface area contributed by atoms with E-state index in [2.05, 4.69) is 10.1 Å². The van der Waals surface area contributed by atoms with E-state index in [1.54, 1.807) is 25.3 Å². The number of ether oxygens (including phenoxy) is 2. The first-order chi connectivity index (χ1) is 10.0. The Labute approximate surface area is 121 Å². The lowest BCUT2D eigenvalue weighted by Crippen LogP contribution is -2.28. The number of methoxy groups -OCH3 is 2. The summed E-state index contributed by atoms with van der Waals surface area (Å²) in [5, 5.41) is 3.95. The van der Waals surface area contributed by atoms with Gasteiger partial charge in [-0.15, -0.1) is 0 Å². The highest BCUT2D eigenvalue weighted by molar-refractivity contribution is 5.75. The van der Waals surface area contributed by atoms with Crippen LogP contribution in [0.3, 0.4) is 0 Å². The summed E-state index contributed by atoms with van der Waals surface area (Å²) in [7, 11) is 3.07. The van der Waals surface area contributed by atoms with E-state index in [0.717, 1.165) is 4.68 Å². The molecule has 21 heavy (non-hydrogen) atoms. The molecule has 7 nitrogen and oxygen atoms in total. The van der Waals surface area contributed by atoms with Gasteiger partial charge in [-0.3, -0.25) is 4.79 Å². The van der Waals surface area contributed by atoms with Crippen LogP contribution in [0.1, 0.15) is 6.92 Å². The fraction of sp³-hybridized carbons (Fsp3) is 0.286. The normalized spacial score (nSPS) is 10.2. The number of carbonyl (C=O) groups excluding carboxylic acids is 1. The molecule has 2 rings (SSSR count). The monoisotopic (exact) mass is 289 g/mol. The zero-order valence-corrected chi connectivity index (χ0v) is 12.0. The van der Waals surface area contributed by atoms with Gasteiger partial charge in [0.2, 0.25) is 0 Å². The van der Waals surface area contributed by atoms with Crippen LogP contribution in [0.25, 0.3) is 11.3 Å². The number of hydrogen-bond acceptors (Lipinski definition) is 6. The molecule has 1 aromatic heterocycles. The van der Waals surface area contributed by atoms with Gasteiger partial charge in [-0.2, -0.15) is 10.1 Å². The zero-order valence-electron chi connectivity index (χ0n) is 12.0. The third-order valence-corrected chi connectivity index (χ3v) is 2.81. The average molecular weight is 289 g/mol. The third kappa shape index (κ3) is 3.25. The molecular formula is C14H15N3O4. The Morgan fingerprint density at radius 1 is 1.29 bits per heavy atom. The Hall–Kier alpha value is -2.70. The van der Waals surface area contributed by atoms with E-state index < -0.39 is 5.69 Å². The molecule has 0 aliphatic heterocycles. The second-order valence-electron chi connectivity index (χ2n) is 4.35. The lowest BCUT2D eigenvalue weighted by Gasteiger charge is -2.10. The predicted molar refractivity (Wildman–Crippen MR) is 75.5 cm³/mol. The van der Waals surface area contributed by atoms with Gasteiger partial charge in [0.15, 0.2) is 5.78 Å². The molecule has 0 aliphatic carbocycles. The first-order valence-electron chi connectivity index (χ1n) is 6.21. The first kappa shape index (κ1) is 14.7. The second kappa shape index (κ2) is 6.17. The van der Waals surface area contributed by atoms with E-state index in [9.17, 15) is 9.59 Å². The second-order valence-corrected chi connectivity index (χ2v) is 4.35. The molecule has 1 heterocycles. The number of Topliss-reactive ketones (excluding diaryl/α,β-unsaturated/α-hetero) is 1. The fourth-order valence-electron chi connectivity index (χ4n) is 1.82. The fourth-order valence-corrected chi connectivity index (χ4v) is 1.82. The van der Waals surface area contributed by atoms with Crippen LogP contribution in [0.15, 0.2) is 29.2 Å². The summed E-state index contributed by atoms with van der Waals surface area (Å²) in [4.78, 5) is 26.8. The van der Waals surface area contributed by atoms with Crippen molar-refractivity contribution in [3.8, 4) is 22.8 Å². The van der Waals surface area contributed by atoms with Crippen LogP contribution < -0.4 is 15.2 Å². The highest BCUT2D eigenvalue weighted by Crippen LogP contribution is 2.31. The standard InChI is InChI=1S/C14H15N3O4/c1-9(18)8-17-14(19)16-12(7-15-17)11-5-4-10(20-2)6-13(11)21-3/h4-7H,8H2,1-3H3. The molecule has 0 bridgehead atoms. The molecule has 0 spiro atoms. The van der Waals surface area contributed by atoms with Crippen molar-refractivity contribution in [3.63, 3.8) is 0 Å². The maximum Gasteiger partial charge on any atom is 0.364 e. The van der Waals surface area contributed by atoms with Crippen molar-refractivity contribution >= 4 is 5.78 Å². The summed E-state index contributed by atoms with van der Waals surface area (Å²) in [5.41, 5.74) is 0.415. The predicted octanol–water partition coefficient (Wildman–Crippen LogP) is 0.911. The SMILES string of the molecule is COc1ccc(-c2cnn(CC(C)=O)c(=O)n2)c(OC)c1. The summed E-state index contributed by atoms with van der Waals surface area (Å²) in [6.07, 6.45) is 1.43. The molecule has 0 unspecified atom stereocenters. The molecule has 110 valence electrons. The molecule has 7 heteroatoms. The molecule has 0 fully saturated rings. The molecule has 0 N–H and O–H groups in total. The number of rotatable bonds is 5. The van der Waals surface area contributed by atoms with Gasteiger partial charge < -0.3 is 9.47 Å². The molecule has 0 aliphatic rings. The van der Waals surface area contributed by atoms with Crippen molar-refractivity contribution in [2.75, 3.05) is 14.2 Å². The molecule has 0 atom stereocenters. The Morgan fingerprint density at radius 3 is 2.62 bits per heavy atom. The van der Waals surface area contributed by atoms with Gasteiger partial charge in [-0.1, -0.05) is 0 Å². The average Bonchev–Trinajstić information content (AvgIpc) is 2.48. The van der Waals surface area contributed by atoms with Gasteiger partial charge in [0.05, 0.1) is 26.1 Å². The molecule has 2 aromatic rings. The number of benzene rings is 1. The van der Waals surface area contributed by atoms with Gasteiger partial charge in [0.25, 0.3) is 0 Å².